The van der Waals surface area contributed by atoms with Crippen LogP contribution in [0.3, 0.4) is 0 Å². The molecule has 128 valence electrons. The molecule has 0 aromatic heterocycles. The molecule has 0 aliphatic heterocycles. The Morgan fingerprint density at radius 2 is 1.83 bits per heavy atom. The minimum Gasteiger partial charge on any atom is -0.345 e. The summed E-state index contributed by atoms with van der Waals surface area (Å²) in [7, 11) is -3.49. The Bertz CT molecular complexity index is 866. The zero-order valence-electron chi connectivity index (χ0n) is 13.2. The third-order valence-electron chi connectivity index (χ3n) is 3.62. The minimum atomic E-state index is -3.49. The summed E-state index contributed by atoms with van der Waals surface area (Å²) in [5.41, 5.74) is 0.821. The van der Waals surface area contributed by atoms with E-state index in [4.69, 9.17) is 23.2 Å². The molecule has 0 saturated carbocycles. The van der Waals surface area contributed by atoms with Crippen LogP contribution in [0.2, 0.25) is 10.0 Å². The van der Waals surface area contributed by atoms with Crippen molar-refractivity contribution in [2.45, 2.75) is 24.8 Å². The van der Waals surface area contributed by atoms with Gasteiger partial charge in [0.25, 0.3) is 5.91 Å². The van der Waals surface area contributed by atoms with Gasteiger partial charge in [-0.15, -0.1) is 0 Å². The van der Waals surface area contributed by atoms with E-state index >= 15 is 0 Å². The van der Waals surface area contributed by atoms with Gasteiger partial charge in [-0.25, -0.2) is 8.42 Å². The fourth-order valence-electron chi connectivity index (χ4n) is 2.29. The van der Waals surface area contributed by atoms with Crippen molar-refractivity contribution in [3.8, 4) is 0 Å². The van der Waals surface area contributed by atoms with E-state index in [9.17, 15) is 13.2 Å². The summed E-state index contributed by atoms with van der Waals surface area (Å²) in [6.45, 7) is 3.31. The van der Waals surface area contributed by atoms with Crippen molar-refractivity contribution in [3.63, 3.8) is 0 Å². The quantitative estimate of drug-likeness (QED) is 0.835. The summed E-state index contributed by atoms with van der Waals surface area (Å²) in [5.74, 6) is -0.545. The van der Waals surface area contributed by atoms with Gasteiger partial charge in [0.15, 0.2) is 9.84 Å². The van der Waals surface area contributed by atoms with Gasteiger partial charge >= 0.3 is 0 Å². The normalized spacial score (nSPS) is 12.7. The van der Waals surface area contributed by atoms with Crippen LogP contribution >= 0.6 is 23.2 Å². The van der Waals surface area contributed by atoms with E-state index in [0.29, 0.717) is 15.6 Å². The van der Waals surface area contributed by atoms with E-state index in [1.807, 2.05) is 0 Å². The summed E-state index contributed by atoms with van der Waals surface area (Å²) < 4.78 is 24.3. The SMILES string of the molecule is CCS(=O)(=O)c1ccccc1C(=O)N[C@H](C)c1ccc(Cl)cc1Cl. The van der Waals surface area contributed by atoms with Gasteiger partial charge < -0.3 is 5.32 Å². The molecular weight excluding hydrogens is 369 g/mol. The van der Waals surface area contributed by atoms with Crippen LogP contribution in [-0.4, -0.2) is 20.1 Å². The van der Waals surface area contributed by atoms with Crippen molar-refractivity contribution in [2.24, 2.45) is 0 Å². The van der Waals surface area contributed by atoms with Crippen molar-refractivity contribution in [1.29, 1.82) is 0 Å². The van der Waals surface area contributed by atoms with Gasteiger partial charge in [0, 0.05) is 10.0 Å². The molecule has 0 bridgehead atoms. The number of hydrogen-bond acceptors (Lipinski definition) is 3. The first-order valence-electron chi connectivity index (χ1n) is 7.34. The molecule has 0 aliphatic rings. The van der Waals surface area contributed by atoms with Crippen molar-refractivity contribution in [1.82, 2.24) is 5.32 Å². The highest BCUT2D eigenvalue weighted by atomic mass is 35.5. The third-order valence-corrected chi connectivity index (χ3v) is 5.97. The summed E-state index contributed by atoms with van der Waals surface area (Å²) in [5, 5.41) is 3.71. The zero-order chi connectivity index (χ0) is 17.9. The predicted molar refractivity (Wildman–Crippen MR) is 96.5 cm³/mol. The smallest absolute Gasteiger partial charge is 0.253 e. The highest BCUT2D eigenvalue weighted by molar-refractivity contribution is 7.91. The summed E-state index contributed by atoms with van der Waals surface area (Å²) >= 11 is 12.0. The topological polar surface area (TPSA) is 63.2 Å². The van der Waals surface area contributed by atoms with Crippen LogP contribution in [0.25, 0.3) is 0 Å². The first-order chi connectivity index (χ1) is 11.3. The maximum Gasteiger partial charge on any atom is 0.253 e. The molecule has 2 aromatic carbocycles. The molecule has 0 aliphatic carbocycles. The molecule has 4 nitrogen and oxygen atoms in total. The fourth-order valence-corrected chi connectivity index (χ4v) is 3.95. The second kappa shape index (κ2) is 7.55. The maximum atomic E-state index is 12.5. The van der Waals surface area contributed by atoms with Gasteiger partial charge in [-0.3, -0.25) is 4.79 Å². The van der Waals surface area contributed by atoms with Gasteiger partial charge in [0.2, 0.25) is 0 Å². The number of rotatable bonds is 5. The molecular formula is C17H17Cl2NO3S. The second-order valence-electron chi connectivity index (χ2n) is 5.26. The van der Waals surface area contributed by atoms with E-state index in [0.717, 1.165) is 0 Å². The average Bonchev–Trinajstić information content (AvgIpc) is 2.54. The molecule has 0 unspecified atom stereocenters. The van der Waals surface area contributed by atoms with Gasteiger partial charge in [-0.2, -0.15) is 0 Å². The van der Waals surface area contributed by atoms with Gasteiger partial charge in [-0.1, -0.05) is 48.3 Å². The fraction of sp³-hybridized carbons (Fsp3) is 0.235. The van der Waals surface area contributed by atoms with Crippen molar-refractivity contribution >= 4 is 38.9 Å². The van der Waals surface area contributed by atoms with Crippen LogP contribution in [0, 0.1) is 0 Å². The third kappa shape index (κ3) is 4.09. The molecule has 0 radical (unpaired) electrons. The number of sulfone groups is 1. The Hall–Kier alpha value is -1.56. The molecule has 1 N–H and O–H groups in total. The van der Waals surface area contributed by atoms with Crippen molar-refractivity contribution in [2.75, 3.05) is 5.75 Å². The monoisotopic (exact) mass is 385 g/mol. The molecule has 0 saturated heterocycles. The first-order valence-corrected chi connectivity index (χ1v) is 9.74. The number of halogens is 2. The average molecular weight is 386 g/mol. The van der Waals surface area contributed by atoms with E-state index < -0.39 is 21.8 Å². The lowest BCUT2D eigenvalue weighted by Gasteiger charge is -2.17. The van der Waals surface area contributed by atoms with Crippen LogP contribution < -0.4 is 5.32 Å². The van der Waals surface area contributed by atoms with E-state index in [-0.39, 0.29) is 16.2 Å². The summed E-state index contributed by atoms with van der Waals surface area (Å²) in [4.78, 5) is 12.6. The Labute approximate surface area is 151 Å². The first kappa shape index (κ1) is 18.8. The molecule has 24 heavy (non-hydrogen) atoms. The maximum absolute atomic E-state index is 12.5. The van der Waals surface area contributed by atoms with Crippen LogP contribution in [-0.2, 0) is 9.84 Å². The van der Waals surface area contributed by atoms with E-state index in [2.05, 4.69) is 5.32 Å². The number of benzene rings is 2. The van der Waals surface area contributed by atoms with Gasteiger partial charge in [0.1, 0.15) is 0 Å². The molecule has 0 spiro atoms. The van der Waals surface area contributed by atoms with Crippen LogP contribution in [0.5, 0.6) is 0 Å². The number of nitrogens with one attached hydrogen (secondary N) is 1. The molecule has 2 aromatic rings. The number of hydrogen-bond donors (Lipinski definition) is 1. The molecule has 0 fully saturated rings. The van der Waals surface area contributed by atoms with Crippen molar-refractivity contribution in [3.05, 3.63) is 63.6 Å². The van der Waals surface area contributed by atoms with Crippen LogP contribution in [0.4, 0.5) is 0 Å². The minimum absolute atomic E-state index is 0.0272. The number of amides is 1. The van der Waals surface area contributed by atoms with E-state index in [1.54, 1.807) is 44.2 Å². The van der Waals surface area contributed by atoms with Crippen molar-refractivity contribution < 1.29 is 13.2 Å². The van der Waals surface area contributed by atoms with Gasteiger partial charge in [-0.05, 0) is 36.8 Å². The Morgan fingerprint density at radius 1 is 1.17 bits per heavy atom. The highest BCUT2D eigenvalue weighted by Crippen LogP contribution is 2.26. The molecule has 2 rings (SSSR count). The summed E-state index contributed by atoms with van der Waals surface area (Å²) in [6.07, 6.45) is 0. The lowest BCUT2D eigenvalue weighted by atomic mass is 10.1. The van der Waals surface area contributed by atoms with Crippen LogP contribution in [0.15, 0.2) is 47.4 Å². The molecule has 0 heterocycles. The Kier molecular flexibility index (Phi) is 5.91. The highest BCUT2D eigenvalue weighted by Gasteiger charge is 2.22. The molecule has 1 amide bonds. The Morgan fingerprint density at radius 3 is 2.46 bits per heavy atom. The second-order valence-corrected chi connectivity index (χ2v) is 8.35. The van der Waals surface area contributed by atoms with Crippen LogP contribution in [0.1, 0.15) is 35.8 Å². The molecule has 1 atom stereocenters. The van der Waals surface area contributed by atoms with E-state index in [1.165, 1.54) is 12.1 Å². The lowest BCUT2D eigenvalue weighted by molar-refractivity contribution is 0.0936. The van der Waals surface area contributed by atoms with Gasteiger partial charge in [0.05, 0.1) is 22.3 Å². The molecule has 7 heteroatoms. The zero-order valence-corrected chi connectivity index (χ0v) is 15.5. The number of carbonyl (C=O) groups is 1. The Balaban J connectivity index is 2.31. The lowest BCUT2D eigenvalue weighted by Crippen LogP contribution is -2.28. The number of carbonyl (C=O) groups excluding carboxylic acids is 1. The standard InChI is InChI=1S/C17H17Cl2NO3S/c1-3-24(22,23)16-7-5-4-6-14(16)17(21)20-11(2)13-9-8-12(18)10-15(13)19/h4-11H,3H2,1-2H3,(H,20,21)/t11-/m1/s1. The summed E-state index contributed by atoms with van der Waals surface area (Å²) in [6, 6.07) is 10.8. The predicted octanol–water partition coefficient (Wildman–Crippen LogP) is 4.28. The largest absolute Gasteiger partial charge is 0.345 e.